The molecule has 11 nitrogen and oxygen atoms in total. The average molecular weight is 518 g/mol. The van der Waals surface area contributed by atoms with Crippen molar-refractivity contribution in [3.63, 3.8) is 0 Å². The lowest BCUT2D eigenvalue weighted by Gasteiger charge is -2.13. The van der Waals surface area contributed by atoms with Crippen LogP contribution in [0.15, 0.2) is 45.9 Å². The molecule has 13 heteroatoms. The number of aryl methyl sites for hydroxylation is 1. The summed E-state index contributed by atoms with van der Waals surface area (Å²) < 4.78 is 5.85. The fourth-order valence-electron chi connectivity index (χ4n) is 3.77. The van der Waals surface area contributed by atoms with Crippen LogP contribution in [0.4, 0.5) is 22.7 Å². The van der Waals surface area contributed by atoms with Gasteiger partial charge in [-0.05, 0) is 44.0 Å². The van der Waals surface area contributed by atoms with Crippen LogP contribution in [-0.2, 0) is 6.42 Å². The van der Waals surface area contributed by atoms with Crippen LogP contribution in [0.1, 0.15) is 40.3 Å². The van der Waals surface area contributed by atoms with E-state index in [1.807, 2.05) is 0 Å². The molecule has 0 bridgehead atoms. The van der Waals surface area contributed by atoms with Gasteiger partial charge in [0.15, 0.2) is 5.76 Å². The lowest BCUT2D eigenvalue weighted by Crippen LogP contribution is -2.14. The summed E-state index contributed by atoms with van der Waals surface area (Å²) in [5.74, 6) is 0.163. The van der Waals surface area contributed by atoms with Crippen molar-refractivity contribution in [2.45, 2.75) is 26.2 Å². The SMILES string of the molecule is Cc1c(C(=O)Nc2ccc(Cl)cc2Cl)oc2c1/C(=N/Nc1ccc([N+](=O)[O-])cc1[N+](=O)[O-])CCC2. The highest BCUT2D eigenvalue weighted by atomic mass is 35.5. The summed E-state index contributed by atoms with van der Waals surface area (Å²) >= 11 is 12.0. The van der Waals surface area contributed by atoms with Crippen LogP contribution >= 0.6 is 23.2 Å². The molecule has 0 radical (unpaired) electrons. The van der Waals surface area contributed by atoms with Crippen LogP contribution < -0.4 is 10.7 Å². The molecule has 1 aromatic heterocycles. The second-order valence-corrected chi connectivity index (χ2v) is 8.52. The van der Waals surface area contributed by atoms with Crippen LogP contribution in [0.5, 0.6) is 0 Å². The van der Waals surface area contributed by atoms with Gasteiger partial charge in [0.2, 0.25) is 0 Å². The number of rotatable bonds is 6. The van der Waals surface area contributed by atoms with Gasteiger partial charge in [-0.15, -0.1) is 0 Å². The summed E-state index contributed by atoms with van der Waals surface area (Å²) in [5, 5.41) is 30.1. The van der Waals surface area contributed by atoms with Gasteiger partial charge in [0.1, 0.15) is 11.4 Å². The van der Waals surface area contributed by atoms with Gasteiger partial charge in [-0.2, -0.15) is 5.10 Å². The van der Waals surface area contributed by atoms with E-state index in [4.69, 9.17) is 27.6 Å². The second-order valence-electron chi connectivity index (χ2n) is 7.67. The zero-order chi connectivity index (χ0) is 25.3. The summed E-state index contributed by atoms with van der Waals surface area (Å²) in [4.78, 5) is 33.8. The molecule has 2 aromatic carbocycles. The van der Waals surface area contributed by atoms with E-state index in [2.05, 4.69) is 15.8 Å². The van der Waals surface area contributed by atoms with E-state index >= 15 is 0 Å². The van der Waals surface area contributed by atoms with E-state index in [1.165, 1.54) is 12.1 Å². The van der Waals surface area contributed by atoms with Gasteiger partial charge in [0, 0.05) is 28.6 Å². The molecule has 35 heavy (non-hydrogen) atoms. The topological polar surface area (TPSA) is 153 Å². The van der Waals surface area contributed by atoms with Crippen molar-refractivity contribution >= 4 is 57.6 Å². The molecule has 0 unspecified atom stereocenters. The molecule has 180 valence electrons. The highest BCUT2D eigenvalue weighted by molar-refractivity contribution is 6.36. The molecule has 1 heterocycles. The third kappa shape index (κ3) is 4.96. The molecule has 2 N–H and O–H groups in total. The molecule has 3 aromatic rings. The number of hydrazone groups is 1. The molecular formula is C22H17Cl2N5O6. The van der Waals surface area contributed by atoms with E-state index in [9.17, 15) is 25.0 Å². The quantitative estimate of drug-likeness (QED) is 0.295. The first-order valence-electron chi connectivity index (χ1n) is 10.3. The normalized spacial score (nSPS) is 13.9. The number of nitro benzene ring substituents is 2. The first-order chi connectivity index (χ1) is 16.7. The van der Waals surface area contributed by atoms with Crippen LogP contribution in [0, 0.1) is 27.2 Å². The van der Waals surface area contributed by atoms with Crippen LogP contribution in [0.2, 0.25) is 10.0 Å². The third-order valence-electron chi connectivity index (χ3n) is 5.41. The van der Waals surface area contributed by atoms with Gasteiger partial charge in [0.25, 0.3) is 11.6 Å². The standard InChI is InChI=1S/C22H17Cl2N5O6/c1-11-20-17(27-26-16-8-6-13(28(31)32)10-18(16)29(33)34)3-2-4-19(20)35-21(11)22(30)25-15-7-5-12(23)9-14(15)24/h5-10,26H,2-4H2,1H3,(H,25,30)/b27-17+. The smallest absolute Gasteiger partial charge is 0.301 e. The Labute approximate surface area is 208 Å². The van der Waals surface area contributed by atoms with Gasteiger partial charge < -0.3 is 9.73 Å². The molecule has 0 aliphatic heterocycles. The highest BCUT2D eigenvalue weighted by Crippen LogP contribution is 2.33. The number of carbonyl (C=O) groups is 1. The van der Waals surface area contributed by atoms with Gasteiger partial charge in [-0.1, -0.05) is 23.2 Å². The fourth-order valence-corrected chi connectivity index (χ4v) is 4.23. The molecule has 1 amide bonds. The van der Waals surface area contributed by atoms with Crippen LogP contribution in [-0.4, -0.2) is 21.5 Å². The Kier molecular flexibility index (Phi) is 6.72. The van der Waals surface area contributed by atoms with Gasteiger partial charge in [-0.25, -0.2) is 0 Å². The van der Waals surface area contributed by atoms with E-state index in [0.29, 0.717) is 52.6 Å². The molecule has 1 aliphatic rings. The molecule has 0 saturated heterocycles. The maximum Gasteiger partial charge on any atom is 0.301 e. The molecular weight excluding hydrogens is 501 g/mol. The molecule has 4 rings (SSSR count). The van der Waals surface area contributed by atoms with Gasteiger partial charge in [-0.3, -0.25) is 30.4 Å². The minimum absolute atomic E-state index is 0.00304. The highest BCUT2D eigenvalue weighted by Gasteiger charge is 2.28. The van der Waals surface area contributed by atoms with Crippen LogP contribution in [0.3, 0.4) is 0 Å². The zero-order valence-corrected chi connectivity index (χ0v) is 19.6. The maximum atomic E-state index is 12.9. The molecule has 0 spiro atoms. The first kappa shape index (κ1) is 24.2. The Morgan fingerprint density at radius 1 is 1.06 bits per heavy atom. The first-order valence-corrected chi connectivity index (χ1v) is 11.1. The van der Waals surface area contributed by atoms with Crippen molar-refractivity contribution in [1.29, 1.82) is 0 Å². The zero-order valence-electron chi connectivity index (χ0n) is 18.1. The lowest BCUT2D eigenvalue weighted by molar-refractivity contribution is -0.393. The predicted octanol–water partition coefficient (Wildman–Crippen LogP) is 6.12. The predicted molar refractivity (Wildman–Crippen MR) is 131 cm³/mol. The Morgan fingerprint density at radius 2 is 1.80 bits per heavy atom. The number of amides is 1. The van der Waals surface area contributed by atoms with Crippen molar-refractivity contribution in [3.05, 3.63) is 89.3 Å². The van der Waals surface area contributed by atoms with E-state index in [-0.39, 0.29) is 16.5 Å². The van der Waals surface area contributed by atoms with Gasteiger partial charge >= 0.3 is 5.69 Å². The fraction of sp³-hybridized carbons (Fsp3) is 0.182. The molecule has 0 atom stereocenters. The number of nitrogens with zero attached hydrogens (tertiary/aromatic N) is 3. The summed E-state index contributed by atoms with van der Waals surface area (Å²) in [7, 11) is 0. The largest absolute Gasteiger partial charge is 0.455 e. The minimum atomic E-state index is -0.727. The number of fused-ring (bicyclic) bond motifs is 1. The number of benzene rings is 2. The number of nitrogens with one attached hydrogen (secondary N) is 2. The minimum Gasteiger partial charge on any atom is -0.455 e. The Hall–Kier alpha value is -3.96. The monoisotopic (exact) mass is 517 g/mol. The van der Waals surface area contributed by atoms with Crippen molar-refractivity contribution in [3.8, 4) is 0 Å². The van der Waals surface area contributed by atoms with Crippen LogP contribution in [0.25, 0.3) is 0 Å². The number of nitro groups is 2. The maximum absolute atomic E-state index is 12.9. The Morgan fingerprint density at radius 3 is 2.49 bits per heavy atom. The second kappa shape index (κ2) is 9.72. The third-order valence-corrected chi connectivity index (χ3v) is 5.96. The Balaban J connectivity index is 1.63. The summed E-state index contributed by atoms with van der Waals surface area (Å²) in [5.41, 5.74) is 3.86. The molecule has 0 saturated carbocycles. The van der Waals surface area contributed by atoms with E-state index in [0.717, 1.165) is 12.1 Å². The number of furan rings is 1. The Bertz CT molecular complexity index is 1400. The summed E-state index contributed by atoms with van der Waals surface area (Å²) in [6.45, 7) is 1.72. The number of anilines is 2. The van der Waals surface area contributed by atoms with E-state index in [1.54, 1.807) is 19.1 Å². The summed E-state index contributed by atoms with van der Waals surface area (Å²) in [6, 6.07) is 7.91. The van der Waals surface area contributed by atoms with E-state index < -0.39 is 27.1 Å². The van der Waals surface area contributed by atoms with Crippen molar-refractivity contribution in [2.24, 2.45) is 5.10 Å². The number of non-ortho nitro benzene ring substituents is 1. The van der Waals surface area contributed by atoms with Crippen molar-refractivity contribution in [2.75, 3.05) is 10.7 Å². The van der Waals surface area contributed by atoms with Crippen molar-refractivity contribution < 1.29 is 19.1 Å². The van der Waals surface area contributed by atoms with Crippen molar-refractivity contribution in [1.82, 2.24) is 0 Å². The number of hydrogen-bond donors (Lipinski definition) is 2. The lowest BCUT2D eigenvalue weighted by atomic mass is 9.93. The van der Waals surface area contributed by atoms with Gasteiger partial charge in [0.05, 0.1) is 32.3 Å². The number of halogens is 2. The number of carbonyl (C=O) groups excluding carboxylic acids is 1. The molecule has 0 fully saturated rings. The summed E-state index contributed by atoms with van der Waals surface area (Å²) in [6.07, 6.45) is 1.81. The number of hydrogen-bond acceptors (Lipinski definition) is 8. The average Bonchev–Trinajstić information content (AvgIpc) is 3.16. The molecule has 1 aliphatic carbocycles.